The summed E-state index contributed by atoms with van der Waals surface area (Å²) in [6.45, 7) is 0. The molecule has 1 heteroatoms. The van der Waals surface area contributed by atoms with Crippen LogP contribution < -0.4 is 4.74 Å². The van der Waals surface area contributed by atoms with Gasteiger partial charge in [-0.05, 0) is 12.1 Å². The molecular formula is C16H13O-. The molecule has 0 fully saturated rings. The fourth-order valence-electron chi connectivity index (χ4n) is 2.17. The molecule has 0 spiro atoms. The predicted octanol–water partition coefficient (Wildman–Crippen LogP) is 4.23. The van der Waals surface area contributed by atoms with Crippen LogP contribution in [0.2, 0.25) is 0 Å². The van der Waals surface area contributed by atoms with Gasteiger partial charge in [0.25, 0.3) is 0 Å². The second-order valence-corrected chi connectivity index (χ2v) is 4.06. The van der Waals surface area contributed by atoms with Crippen molar-refractivity contribution in [1.82, 2.24) is 0 Å². The van der Waals surface area contributed by atoms with Crippen LogP contribution in [0.15, 0.2) is 60.7 Å². The van der Waals surface area contributed by atoms with Gasteiger partial charge in [0.15, 0.2) is 0 Å². The Labute approximate surface area is 101 Å². The van der Waals surface area contributed by atoms with Gasteiger partial charge >= 0.3 is 0 Å². The van der Waals surface area contributed by atoms with Crippen molar-refractivity contribution in [2.75, 3.05) is 7.11 Å². The summed E-state index contributed by atoms with van der Waals surface area (Å²) in [4.78, 5) is 0. The van der Waals surface area contributed by atoms with Gasteiger partial charge in [-0.3, -0.25) is 0 Å². The van der Waals surface area contributed by atoms with Crippen molar-refractivity contribution in [3.05, 3.63) is 60.7 Å². The highest BCUT2D eigenvalue weighted by molar-refractivity contribution is 5.98. The van der Waals surface area contributed by atoms with Gasteiger partial charge in [0.2, 0.25) is 0 Å². The van der Waals surface area contributed by atoms with E-state index in [1.165, 1.54) is 21.9 Å². The summed E-state index contributed by atoms with van der Waals surface area (Å²) < 4.78 is 5.17. The summed E-state index contributed by atoms with van der Waals surface area (Å²) in [6.07, 6.45) is 0. The van der Waals surface area contributed by atoms with Gasteiger partial charge in [0, 0.05) is 0 Å². The molecule has 1 nitrogen and oxygen atoms in total. The van der Waals surface area contributed by atoms with Crippen LogP contribution in [-0.2, 0) is 0 Å². The summed E-state index contributed by atoms with van der Waals surface area (Å²) >= 11 is 0. The molecule has 0 atom stereocenters. The number of rotatable bonds is 2. The van der Waals surface area contributed by atoms with Gasteiger partial charge in [-0.1, -0.05) is 23.1 Å². The molecule has 0 radical (unpaired) electrons. The summed E-state index contributed by atoms with van der Waals surface area (Å²) in [5.41, 5.74) is 2.51. The Kier molecular flexibility index (Phi) is 2.37. The number of fused-ring (bicyclic) bond motifs is 1. The molecule has 0 amide bonds. The molecule has 0 aliphatic carbocycles. The van der Waals surface area contributed by atoms with Gasteiger partial charge in [-0.15, -0.1) is 47.3 Å². The Morgan fingerprint density at radius 3 is 2.47 bits per heavy atom. The maximum atomic E-state index is 5.17. The molecule has 17 heavy (non-hydrogen) atoms. The third-order valence-corrected chi connectivity index (χ3v) is 3.08. The fraction of sp³-hybridized carbons (Fsp3) is 0.0625. The van der Waals surface area contributed by atoms with E-state index >= 15 is 0 Å². The first-order chi connectivity index (χ1) is 8.38. The molecular weight excluding hydrogens is 208 g/mol. The van der Waals surface area contributed by atoms with Crippen LogP contribution in [0.4, 0.5) is 0 Å². The first-order valence-electron chi connectivity index (χ1n) is 5.67. The van der Waals surface area contributed by atoms with Crippen LogP contribution in [0.25, 0.3) is 21.9 Å². The van der Waals surface area contributed by atoms with Crippen molar-refractivity contribution in [3.63, 3.8) is 0 Å². The molecule has 0 N–H and O–H groups in total. The van der Waals surface area contributed by atoms with Crippen LogP contribution in [0.3, 0.4) is 0 Å². The molecule has 84 valence electrons. The highest BCUT2D eigenvalue weighted by atomic mass is 16.5. The number of methoxy groups -OCH3 is 1. The van der Waals surface area contributed by atoms with Crippen molar-refractivity contribution >= 4 is 10.8 Å². The maximum absolute atomic E-state index is 5.17. The Balaban J connectivity index is 2.13. The lowest BCUT2D eigenvalue weighted by Gasteiger charge is -2.07. The molecule has 0 heterocycles. The molecule has 0 unspecified atom stereocenters. The summed E-state index contributed by atoms with van der Waals surface area (Å²) in [5, 5.41) is 2.59. The van der Waals surface area contributed by atoms with Gasteiger partial charge < -0.3 is 4.74 Å². The predicted molar refractivity (Wildman–Crippen MR) is 71.5 cm³/mol. The van der Waals surface area contributed by atoms with Crippen molar-refractivity contribution in [1.29, 1.82) is 0 Å². The second kappa shape index (κ2) is 4.02. The third kappa shape index (κ3) is 1.70. The van der Waals surface area contributed by atoms with E-state index in [1.54, 1.807) is 7.11 Å². The zero-order chi connectivity index (χ0) is 11.7. The van der Waals surface area contributed by atoms with Crippen LogP contribution in [0.5, 0.6) is 5.75 Å². The van der Waals surface area contributed by atoms with E-state index in [4.69, 9.17) is 4.74 Å². The lowest BCUT2D eigenvalue weighted by molar-refractivity contribution is 0.415. The van der Waals surface area contributed by atoms with Crippen LogP contribution in [0.1, 0.15) is 0 Å². The van der Waals surface area contributed by atoms with E-state index < -0.39 is 0 Å². The van der Waals surface area contributed by atoms with E-state index in [0.29, 0.717) is 0 Å². The molecule has 3 aromatic rings. The lowest BCUT2D eigenvalue weighted by Crippen LogP contribution is -1.81. The number of hydrogen-bond donors (Lipinski definition) is 0. The Morgan fingerprint density at radius 2 is 1.71 bits per heavy atom. The van der Waals surface area contributed by atoms with Gasteiger partial charge in [0.1, 0.15) is 5.75 Å². The first-order valence-corrected chi connectivity index (χ1v) is 5.67. The highest BCUT2D eigenvalue weighted by Crippen LogP contribution is 2.31. The molecule has 0 aliphatic rings. The standard InChI is InChI=1S/C16H13O/c1-17-14-9-6-13(7-10-14)16-11-8-12-4-2-3-5-15(12)16/h2-11H,1H3/q-1. The zero-order valence-corrected chi connectivity index (χ0v) is 9.68. The number of hydrogen-bond acceptors (Lipinski definition) is 1. The maximum Gasteiger partial charge on any atom is 0.118 e. The average Bonchev–Trinajstić information content (AvgIpc) is 2.83. The minimum atomic E-state index is 0.893. The molecule has 3 aromatic carbocycles. The number of ether oxygens (including phenoxy) is 1. The van der Waals surface area contributed by atoms with Crippen molar-refractivity contribution < 1.29 is 4.74 Å². The molecule has 3 rings (SSSR count). The largest absolute Gasteiger partial charge is 0.497 e. The Morgan fingerprint density at radius 1 is 0.882 bits per heavy atom. The van der Waals surface area contributed by atoms with Crippen LogP contribution in [-0.4, -0.2) is 7.11 Å². The third-order valence-electron chi connectivity index (χ3n) is 3.08. The lowest BCUT2D eigenvalue weighted by atomic mass is 10.0. The normalized spacial score (nSPS) is 10.6. The average molecular weight is 221 g/mol. The van der Waals surface area contributed by atoms with E-state index in [-0.39, 0.29) is 0 Å². The monoisotopic (exact) mass is 221 g/mol. The zero-order valence-electron chi connectivity index (χ0n) is 9.68. The smallest absolute Gasteiger partial charge is 0.118 e. The quantitative estimate of drug-likeness (QED) is 0.588. The topological polar surface area (TPSA) is 9.23 Å². The van der Waals surface area contributed by atoms with Crippen molar-refractivity contribution in [2.45, 2.75) is 0 Å². The van der Waals surface area contributed by atoms with E-state index in [9.17, 15) is 0 Å². The minimum absolute atomic E-state index is 0.893. The Hall–Kier alpha value is -2.15. The summed E-state index contributed by atoms with van der Waals surface area (Å²) in [6, 6.07) is 21.0. The molecule has 0 bridgehead atoms. The van der Waals surface area contributed by atoms with Crippen LogP contribution in [0, 0.1) is 0 Å². The fourth-order valence-corrected chi connectivity index (χ4v) is 2.17. The molecule has 0 saturated carbocycles. The van der Waals surface area contributed by atoms with E-state index in [2.05, 4.69) is 48.5 Å². The van der Waals surface area contributed by atoms with Gasteiger partial charge in [0.05, 0.1) is 7.11 Å². The first kappa shape index (κ1) is 10.0. The SMILES string of the molecule is COc1ccc(-c2cc[c-]3ccccc23)cc1. The Bertz CT molecular complexity index is 632. The van der Waals surface area contributed by atoms with Gasteiger partial charge in [-0.25, -0.2) is 0 Å². The highest BCUT2D eigenvalue weighted by Gasteiger charge is 1.98. The molecule has 0 aliphatic heterocycles. The van der Waals surface area contributed by atoms with Crippen LogP contribution >= 0.6 is 0 Å². The number of benzene rings is 2. The van der Waals surface area contributed by atoms with Gasteiger partial charge in [-0.2, -0.15) is 0 Å². The second-order valence-electron chi connectivity index (χ2n) is 4.06. The summed E-state index contributed by atoms with van der Waals surface area (Å²) in [7, 11) is 1.69. The van der Waals surface area contributed by atoms with E-state index in [1.807, 2.05) is 12.1 Å². The minimum Gasteiger partial charge on any atom is -0.497 e. The summed E-state index contributed by atoms with van der Waals surface area (Å²) in [5.74, 6) is 0.893. The molecule has 0 saturated heterocycles. The van der Waals surface area contributed by atoms with E-state index in [0.717, 1.165) is 5.75 Å². The van der Waals surface area contributed by atoms with Crippen molar-refractivity contribution in [2.24, 2.45) is 0 Å². The molecule has 0 aromatic heterocycles. The van der Waals surface area contributed by atoms with Crippen molar-refractivity contribution in [3.8, 4) is 16.9 Å².